The fourth-order valence-electron chi connectivity index (χ4n) is 0.950. The molecule has 0 aliphatic carbocycles. The molecule has 4 N–H and O–H groups in total. The quantitative estimate of drug-likeness (QED) is 0.625. The number of benzene rings is 1. The first-order valence-corrected chi connectivity index (χ1v) is 4.80. The molecule has 80 valence electrons. The number of hydrogen-bond donors (Lipinski definition) is 2. The third kappa shape index (κ3) is 3.59. The Morgan fingerprint density at radius 2 is 2.00 bits per heavy atom. The van der Waals surface area contributed by atoms with Gasteiger partial charge in [-0.2, -0.15) is 0 Å². The zero-order valence-corrected chi connectivity index (χ0v) is 9.28. The van der Waals surface area contributed by atoms with Crippen LogP contribution in [0.15, 0.2) is 22.7 Å². The largest absolute Gasteiger partial charge is 0.452 e. The Morgan fingerprint density at radius 1 is 1.33 bits per heavy atom. The van der Waals surface area contributed by atoms with Gasteiger partial charge < -0.3 is 16.2 Å². The Hall–Kier alpha value is -1.56. The predicted molar refractivity (Wildman–Crippen MR) is 58.0 cm³/mol. The molecule has 0 radical (unpaired) electrons. The average molecular weight is 273 g/mol. The second kappa shape index (κ2) is 4.79. The van der Waals surface area contributed by atoms with E-state index in [0.29, 0.717) is 10.2 Å². The lowest BCUT2D eigenvalue weighted by Gasteiger charge is -2.03. The van der Waals surface area contributed by atoms with Crippen LogP contribution in [0.5, 0.6) is 0 Å². The first kappa shape index (κ1) is 11.5. The monoisotopic (exact) mass is 272 g/mol. The number of anilines is 1. The maximum atomic E-state index is 11.3. The van der Waals surface area contributed by atoms with E-state index in [4.69, 9.17) is 11.5 Å². The van der Waals surface area contributed by atoms with Crippen molar-refractivity contribution in [2.75, 3.05) is 12.3 Å². The summed E-state index contributed by atoms with van der Waals surface area (Å²) >= 11 is 3.18. The highest BCUT2D eigenvalue weighted by Crippen LogP contribution is 2.17. The van der Waals surface area contributed by atoms with Crippen molar-refractivity contribution < 1.29 is 14.3 Å². The van der Waals surface area contributed by atoms with E-state index in [2.05, 4.69) is 20.7 Å². The Bertz CT molecular complexity index is 386. The molecule has 0 heterocycles. The van der Waals surface area contributed by atoms with Gasteiger partial charge in [0.15, 0.2) is 6.61 Å². The van der Waals surface area contributed by atoms with E-state index in [9.17, 15) is 9.59 Å². The van der Waals surface area contributed by atoms with E-state index < -0.39 is 18.5 Å². The standard InChI is InChI=1S/C9H9BrN2O3/c10-6-1-5(2-7(11)3-6)9(14)15-4-8(12)13/h1-3H,4,11H2,(H2,12,13). The zero-order valence-electron chi connectivity index (χ0n) is 7.70. The number of hydrogen-bond acceptors (Lipinski definition) is 4. The maximum absolute atomic E-state index is 11.3. The van der Waals surface area contributed by atoms with Gasteiger partial charge in [-0.25, -0.2) is 4.79 Å². The van der Waals surface area contributed by atoms with E-state index in [1.54, 1.807) is 12.1 Å². The van der Waals surface area contributed by atoms with Crippen LogP contribution in [0.4, 0.5) is 5.69 Å². The maximum Gasteiger partial charge on any atom is 0.338 e. The number of amides is 1. The summed E-state index contributed by atoms with van der Waals surface area (Å²) in [6, 6.07) is 4.64. The van der Waals surface area contributed by atoms with Crippen molar-refractivity contribution in [2.45, 2.75) is 0 Å². The number of halogens is 1. The molecular weight excluding hydrogens is 264 g/mol. The van der Waals surface area contributed by atoms with Crippen molar-refractivity contribution in [1.29, 1.82) is 0 Å². The van der Waals surface area contributed by atoms with Crippen molar-refractivity contribution in [3.05, 3.63) is 28.2 Å². The van der Waals surface area contributed by atoms with Crippen molar-refractivity contribution in [2.24, 2.45) is 5.73 Å². The van der Waals surface area contributed by atoms with Gasteiger partial charge in [0.05, 0.1) is 5.56 Å². The third-order valence-electron chi connectivity index (χ3n) is 1.50. The van der Waals surface area contributed by atoms with Gasteiger partial charge in [-0.3, -0.25) is 4.79 Å². The van der Waals surface area contributed by atoms with Gasteiger partial charge in [-0.1, -0.05) is 15.9 Å². The summed E-state index contributed by atoms with van der Waals surface area (Å²) in [6.07, 6.45) is 0. The highest BCUT2D eigenvalue weighted by molar-refractivity contribution is 9.10. The molecule has 5 nitrogen and oxygen atoms in total. The summed E-state index contributed by atoms with van der Waals surface area (Å²) in [5.74, 6) is -1.34. The van der Waals surface area contributed by atoms with Gasteiger partial charge in [0.25, 0.3) is 5.91 Å². The molecule has 0 spiro atoms. The summed E-state index contributed by atoms with van der Waals surface area (Å²) < 4.78 is 5.27. The molecule has 0 unspecified atom stereocenters. The lowest BCUT2D eigenvalue weighted by Crippen LogP contribution is -2.20. The minimum absolute atomic E-state index is 0.267. The fourth-order valence-corrected chi connectivity index (χ4v) is 1.46. The number of nitrogens with two attached hydrogens (primary N) is 2. The minimum atomic E-state index is -0.702. The molecule has 0 aromatic heterocycles. The van der Waals surface area contributed by atoms with Crippen molar-refractivity contribution in [1.82, 2.24) is 0 Å². The number of primary amides is 1. The number of nitrogen functional groups attached to an aromatic ring is 1. The summed E-state index contributed by atoms with van der Waals surface area (Å²) in [4.78, 5) is 21.7. The first-order chi connectivity index (χ1) is 6.99. The molecule has 0 saturated heterocycles. The van der Waals surface area contributed by atoms with Gasteiger partial charge in [-0.15, -0.1) is 0 Å². The van der Waals surface area contributed by atoms with Crippen molar-refractivity contribution in [3.8, 4) is 0 Å². The molecular formula is C9H9BrN2O3. The molecule has 1 aromatic rings. The lowest BCUT2D eigenvalue weighted by atomic mass is 10.2. The number of carbonyl (C=O) groups excluding carboxylic acids is 2. The van der Waals surface area contributed by atoms with E-state index in [1.165, 1.54) is 6.07 Å². The van der Waals surface area contributed by atoms with Crippen LogP contribution in [0, 0.1) is 0 Å². The molecule has 0 fully saturated rings. The minimum Gasteiger partial charge on any atom is -0.452 e. The third-order valence-corrected chi connectivity index (χ3v) is 1.96. The van der Waals surface area contributed by atoms with Gasteiger partial charge >= 0.3 is 5.97 Å². The van der Waals surface area contributed by atoms with E-state index in [-0.39, 0.29) is 5.56 Å². The van der Waals surface area contributed by atoms with Crippen LogP contribution in [0.25, 0.3) is 0 Å². The van der Waals surface area contributed by atoms with Crippen LogP contribution in [0.2, 0.25) is 0 Å². The molecule has 1 rings (SSSR count). The molecule has 1 aromatic carbocycles. The van der Waals surface area contributed by atoms with Crippen molar-refractivity contribution >= 4 is 33.5 Å². The second-order valence-corrected chi connectivity index (χ2v) is 3.73. The SMILES string of the molecule is NC(=O)COC(=O)c1cc(N)cc(Br)c1. The summed E-state index contributed by atoms with van der Waals surface area (Å²) in [5.41, 5.74) is 11.0. The average Bonchev–Trinajstić information content (AvgIpc) is 2.12. The predicted octanol–water partition coefficient (Wildman–Crippen LogP) is 0.673. The van der Waals surface area contributed by atoms with Crippen LogP contribution < -0.4 is 11.5 Å². The van der Waals surface area contributed by atoms with E-state index in [1.807, 2.05) is 0 Å². The molecule has 0 aliphatic rings. The Morgan fingerprint density at radius 3 is 2.53 bits per heavy atom. The molecule has 15 heavy (non-hydrogen) atoms. The highest BCUT2D eigenvalue weighted by atomic mass is 79.9. The van der Waals surface area contributed by atoms with E-state index >= 15 is 0 Å². The summed E-state index contributed by atoms with van der Waals surface area (Å²) in [6.45, 7) is -0.439. The molecule has 0 saturated carbocycles. The highest BCUT2D eigenvalue weighted by Gasteiger charge is 2.09. The zero-order chi connectivity index (χ0) is 11.4. The second-order valence-electron chi connectivity index (χ2n) is 2.82. The Balaban J connectivity index is 2.77. The van der Waals surface area contributed by atoms with E-state index in [0.717, 1.165) is 0 Å². The van der Waals surface area contributed by atoms with Gasteiger partial charge in [-0.05, 0) is 18.2 Å². The number of carbonyl (C=O) groups is 2. The summed E-state index contributed by atoms with van der Waals surface area (Å²) in [5, 5.41) is 0. The van der Waals surface area contributed by atoms with Gasteiger partial charge in [0.2, 0.25) is 0 Å². The fraction of sp³-hybridized carbons (Fsp3) is 0.111. The van der Waals surface area contributed by atoms with Crippen LogP contribution in [-0.2, 0) is 9.53 Å². The van der Waals surface area contributed by atoms with Crippen molar-refractivity contribution in [3.63, 3.8) is 0 Å². The molecule has 0 atom stereocenters. The topological polar surface area (TPSA) is 95.4 Å². The number of ether oxygens (including phenoxy) is 1. The van der Waals surface area contributed by atoms with Gasteiger partial charge in [0.1, 0.15) is 0 Å². The van der Waals surface area contributed by atoms with Crippen LogP contribution >= 0.6 is 15.9 Å². The van der Waals surface area contributed by atoms with Crippen LogP contribution in [-0.4, -0.2) is 18.5 Å². The Labute approximate surface area is 94.5 Å². The number of esters is 1. The molecule has 0 bridgehead atoms. The molecule has 0 aliphatic heterocycles. The van der Waals surface area contributed by atoms with Crippen LogP contribution in [0.1, 0.15) is 10.4 Å². The smallest absolute Gasteiger partial charge is 0.338 e. The lowest BCUT2D eigenvalue weighted by molar-refractivity contribution is -0.121. The number of rotatable bonds is 3. The summed E-state index contributed by atoms with van der Waals surface area (Å²) in [7, 11) is 0. The van der Waals surface area contributed by atoms with Gasteiger partial charge in [0, 0.05) is 10.2 Å². The first-order valence-electron chi connectivity index (χ1n) is 4.00. The molecule has 6 heteroatoms. The normalized spacial score (nSPS) is 9.67. The molecule has 1 amide bonds. The Kier molecular flexibility index (Phi) is 3.68. The van der Waals surface area contributed by atoms with Crippen LogP contribution in [0.3, 0.4) is 0 Å².